The minimum atomic E-state index is -0.934. The number of amides is 1. The van der Waals surface area contributed by atoms with Crippen molar-refractivity contribution in [1.29, 1.82) is 0 Å². The summed E-state index contributed by atoms with van der Waals surface area (Å²) in [4.78, 5) is 24.5. The third-order valence-corrected chi connectivity index (χ3v) is 6.45. The molecule has 1 fully saturated rings. The molecule has 0 spiro atoms. The molecule has 0 bridgehead atoms. The van der Waals surface area contributed by atoms with Crippen LogP contribution in [0.5, 0.6) is 5.75 Å². The van der Waals surface area contributed by atoms with Gasteiger partial charge in [0.1, 0.15) is 5.75 Å². The highest BCUT2D eigenvalue weighted by Gasteiger charge is 2.64. The van der Waals surface area contributed by atoms with Gasteiger partial charge in [-0.1, -0.05) is 72.8 Å². The number of carbonyl (C=O) groups is 2. The lowest BCUT2D eigenvalue weighted by molar-refractivity contribution is -0.152. The number of ether oxygens (including phenoxy) is 2. The lowest BCUT2D eigenvalue weighted by Gasteiger charge is -2.19. The fourth-order valence-electron chi connectivity index (χ4n) is 4.50. The number of rotatable bonds is 10. The van der Waals surface area contributed by atoms with Gasteiger partial charge in [0.25, 0.3) is 0 Å². The Morgan fingerprint density at radius 2 is 1.56 bits per heavy atom. The second-order valence-corrected chi connectivity index (χ2v) is 8.62. The minimum Gasteiger partial charge on any atom is -0.493 e. The Kier molecular flexibility index (Phi) is 7.28. The van der Waals surface area contributed by atoms with Gasteiger partial charge in [-0.3, -0.25) is 14.8 Å². The lowest BCUT2D eigenvalue weighted by Crippen LogP contribution is -2.30. The predicted octanol–water partition coefficient (Wildman–Crippen LogP) is 4.51. The third-order valence-electron chi connectivity index (χ3n) is 6.45. The Balaban J connectivity index is 1.45. The number of benzene rings is 3. The fourth-order valence-corrected chi connectivity index (χ4v) is 4.50. The topological polar surface area (TPSA) is 84.9 Å². The van der Waals surface area contributed by atoms with Gasteiger partial charge in [-0.15, -0.1) is 0 Å². The summed E-state index contributed by atoms with van der Waals surface area (Å²) in [5, 5.41) is 8.99. The molecule has 1 aliphatic rings. The third kappa shape index (κ3) is 5.13. The Bertz CT molecular complexity index is 1060. The van der Waals surface area contributed by atoms with Crippen molar-refractivity contribution in [2.45, 2.75) is 25.7 Å². The zero-order valence-corrected chi connectivity index (χ0v) is 19.1. The van der Waals surface area contributed by atoms with Crippen LogP contribution in [0.15, 0.2) is 84.9 Å². The Morgan fingerprint density at radius 1 is 0.971 bits per heavy atom. The summed E-state index contributed by atoms with van der Waals surface area (Å²) in [6, 6.07) is 28.1. The highest BCUT2D eigenvalue weighted by molar-refractivity contribution is 5.93. The maximum absolute atomic E-state index is 12.6. The Labute approximate surface area is 199 Å². The average Bonchev–Trinajstić information content (AvgIpc) is 3.61. The van der Waals surface area contributed by atoms with E-state index in [1.165, 1.54) is 11.1 Å². The van der Waals surface area contributed by atoms with Crippen LogP contribution in [0.3, 0.4) is 0 Å². The monoisotopic (exact) mass is 459 g/mol. The van der Waals surface area contributed by atoms with E-state index >= 15 is 0 Å². The molecule has 0 radical (unpaired) electrons. The molecule has 1 saturated carbocycles. The quantitative estimate of drug-likeness (QED) is 0.265. The second-order valence-electron chi connectivity index (χ2n) is 8.62. The van der Waals surface area contributed by atoms with Crippen molar-refractivity contribution in [3.63, 3.8) is 0 Å². The largest absolute Gasteiger partial charge is 0.493 e. The molecule has 3 aromatic rings. The fraction of sp³-hybridized carbons (Fsp3) is 0.286. The molecule has 34 heavy (non-hydrogen) atoms. The van der Waals surface area contributed by atoms with Gasteiger partial charge in [-0.05, 0) is 48.6 Å². The molecule has 3 aromatic carbocycles. The highest BCUT2D eigenvalue weighted by atomic mass is 16.5. The number of hydrogen-bond donors (Lipinski definition) is 2. The lowest BCUT2D eigenvalue weighted by atomic mass is 9.92. The van der Waals surface area contributed by atoms with Crippen molar-refractivity contribution in [1.82, 2.24) is 5.48 Å². The van der Waals surface area contributed by atoms with Crippen LogP contribution in [0, 0.1) is 11.3 Å². The van der Waals surface area contributed by atoms with Gasteiger partial charge in [0.05, 0.1) is 24.5 Å². The van der Waals surface area contributed by atoms with Gasteiger partial charge in [-0.2, -0.15) is 0 Å². The number of nitrogens with one attached hydrogen (secondary N) is 1. The van der Waals surface area contributed by atoms with E-state index in [0.29, 0.717) is 19.4 Å². The molecule has 2 atom stereocenters. The molecular formula is C28H29NO5. The van der Waals surface area contributed by atoms with E-state index in [2.05, 4.69) is 24.3 Å². The molecule has 0 aliphatic heterocycles. The van der Waals surface area contributed by atoms with Crippen LogP contribution in [-0.4, -0.2) is 30.3 Å². The van der Waals surface area contributed by atoms with Crippen molar-refractivity contribution < 1.29 is 24.3 Å². The van der Waals surface area contributed by atoms with E-state index < -0.39 is 23.2 Å². The number of hydroxylamine groups is 1. The van der Waals surface area contributed by atoms with E-state index in [9.17, 15) is 9.59 Å². The Hall–Kier alpha value is -3.64. The molecule has 1 amide bonds. The SMILES string of the molecule is CCOC(=O)[C@@]1(Cc2ccc(OCC(c3ccccc3)c3ccccc3)cc2)C[C@@H]1C(=O)NO. The summed E-state index contributed by atoms with van der Waals surface area (Å²) >= 11 is 0. The van der Waals surface area contributed by atoms with Crippen LogP contribution >= 0.6 is 0 Å². The molecule has 0 aromatic heterocycles. The Morgan fingerprint density at radius 3 is 2.09 bits per heavy atom. The summed E-state index contributed by atoms with van der Waals surface area (Å²) in [6.07, 6.45) is 0.715. The van der Waals surface area contributed by atoms with Crippen molar-refractivity contribution in [2.75, 3.05) is 13.2 Å². The molecule has 0 unspecified atom stereocenters. The van der Waals surface area contributed by atoms with Crippen LogP contribution in [0.1, 0.15) is 36.0 Å². The molecule has 1 aliphatic carbocycles. The van der Waals surface area contributed by atoms with E-state index in [4.69, 9.17) is 14.7 Å². The normalized spacial score (nSPS) is 18.9. The van der Waals surface area contributed by atoms with Crippen LogP contribution in [0.25, 0.3) is 0 Å². The highest BCUT2D eigenvalue weighted by Crippen LogP contribution is 2.56. The molecule has 0 heterocycles. The first-order valence-electron chi connectivity index (χ1n) is 11.5. The standard InChI is InChI=1S/C28H29NO5/c1-2-33-27(31)28(18-25(28)26(30)29-32)17-20-13-15-23(16-14-20)34-19-24(21-9-5-3-6-10-21)22-11-7-4-8-12-22/h3-16,24-25,32H,2,17-19H2,1H3,(H,29,30)/t25-,28+/m1/s1. The van der Waals surface area contributed by atoms with E-state index in [-0.39, 0.29) is 12.5 Å². The first-order valence-corrected chi connectivity index (χ1v) is 11.5. The van der Waals surface area contributed by atoms with Gasteiger partial charge in [0.15, 0.2) is 0 Å². The first-order chi connectivity index (χ1) is 16.6. The molecular weight excluding hydrogens is 430 g/mol. The van der Waals surface area contributed by atoms with Crippen LogP contribution < -0.4 is 10.2 Å². The van der Waals surface area contributed by atoms with Crippen molar-refractivity contribution in [3.8, 4) is 5.75 Å². The molecule has 0 saturated heterocycles. The average molecular weight is 460 g/mol. The molecule has 6 heteroatoms. The van der Waals surface area contributed by atoms with Crippen LogP contribution in [-0.2, 0) is 20.7 Å². The van der Waals surface area contributed by atoms with Crippen molar-refractivity contribution in [2.24, 2.45) is 11.3 Å². The zero-order valence-electron chi connectivity index (χ0n) is 19.1. The van der Waals surface area contributed by atoms with Crippen molar-refractivity contribution >= 4 is 11.9 Å². The van der Waals surface area contributed by atoms with Gasteiger partial charge in [0.2, 0.25) is 5.91 Å². The minimum absolute atomic E-state index is 0.0957. The van der Waals surface area contributed by atoms with Crippen LogP contribution in [0.2, 0.25) is 0 Å². The van der Waals surface area contributed by atoms with Crippen LogP contribution in [0.4, 0.5) is 0 Å². The number of carbonyl (C=O) groups excluding carboxylic acids is 2. The van der Waals surface area contributed by atoms with E-state index in [0.717, 1.165) is 11.3 Å². The smallest absolute Gasteiger partial charge is 0.313 e. The summed E-state index contributed by atoms with van der Waals surface area (Å²) in [5.41, 5.74) is 3.99. The summed E-state index contributed by atoms with van der Waals surface area (Å²) in [6.45, 7) is 2.46. The number of hydrogen-bond acceptors (Lipinski definition) is 5. The summed E-state index contributed by atoms with van der Waals surface area (Å²) in [7, 11) is 0. The van der Waals surface area contributed by atoms with E-state index in [1.54, 1.807) is 12.4 Å². The molecule has 176 valence electrons. The summed E-state index contributed by atoms with van der Waals surface area (Å²) in [5.74, 6) is -0.729. The van der Waals surface area contributed by atoms with Gasteiger partial charge >= 0.3 is 5.97 Å². The van der Waals surface area contributed by atoms with Gasteiger partial charge in [-0.25, -0.2) is 5.48 Å². The first kappa shape index (κ1) is 23.5. The van der Waals surface area contributed by atoms with Gasteiger partial charge in [0, 0.05) is 5.92 Å². The molecule has 4 rings (SSSR count). The summed E-state index contributed by atoms with van der Waals surface area (Å²) < 4.78 is 11.4. The zero-order chi connectivity index (χ0) is 24.0. The van der Waals surface area contributed by atoms with Crippen molar-refractivity contribution in [3.05, 3.63) is 102 Å². The van der Waals surface area contributed by atoms with Gasteiger partial charge < -0.3 is 9.47 Å². The predicted molar refractivity (Wildman–Crippen MR) is 127 cm³/mol. The molecule has 2 N–H and O–H groups in total. The maximum atomic E-state index is 12.6. The number of esters is 1. The second kappa shape index (κ2) is 10.5. The maximum Gasteiger partial charge on any atom is 0.313 e. The van der Waals surface area contributed by atoms with E-state index in [1.807, 2.05) is 60.7 Å². The molecule has 6 nitrogen and oxygen atoms in total.